The van der Waals surface area contributed by atoms with E-state index in [4.69, 9.17) is 9.47 Å². The van der Waals surface area contributed by atoms with Crippen LogP contribution in [0.4, 0.5) is 0 Å². The number of esters is 1. The Morgan fingerprint density at radius 1 is 1.32 bits per heavy atom. The number of carbonyl (C=O) groups is 1. The van der Waals surface area contributed by atoms with Crippen molar-refractivity contribution in [1.82, 2.24) is 0 Å². The molecule has 0 heterocycles. The summed E-state index contributed by atoms with van der Waals surface area (Å²) in [5.74, 6) is 0.942. The molecule has 1 rings (SSSR count). The molecule has 0 spiro atoms. The Morgan fingerprint density at radius 2 is 2.11 bits per heavy atom. The van der Waals surface area contributed by atoms with Gasteiger partial charge in [-0.2, -0.15) is 0 Å². The van der Waals surface area contributed by atoms with Gasteiger partial charge in [0.15, 0.2) is 11.5 Å². The average Bonchev–Trinajstić information content (AvgIpc) is 2.45. The smallest absolute Gasteiger partial charge is 0.330 e. The third kappa shape index (κ3) is 5.34. The number of methoxy groups -OCH3 is 2. The molecule has 19 heavy (non-hydrogen) atoms. The molecular formula is C14H17BrO4. The number of carbonyl (C=O) groups excluding carboxylic acids is 1. The number of hydrogen-bond acceptors (Lipinski definition) is 4. The maximum Gasteiger partial charge on any atom is 0.330 e. The van der Waals surface area contributed by atoms with E-state index in [2.05, 4.69) is 20.7 Å². The average molecular weight is 329 g/mol. The number of benzene rings is 1. The molecule has 104 valence electrons. The summed E-state index contributed by atoms with van der Waals surface area (Å²) in [7, 11) is 2.93. The Kier molecular flexibility index (Phi) is 7.03. The van der Waals surface area contributed by atoms with Crippen molar-refractivity contribution in [3.63, 3.8) is 0 Å². The normalized spacial score (nSPS) is 10.5. The minimum absolute atomic E-state index is 0.392. The summed E-state index contributed by atoms with van der Waals surface area (Å²) in [5, 5.41) is 0.898. The highest BCUT2D eigenvalue weighted by Crippen LogP contribution is 2.28. The molecular weight excluding hydrogens is 312 g/mol. The molecule has 0 aliphatic heterocycles. The van der Waals surface area contributed by atoms with E-state index >= 15 is 0 Å². The van der Waals surface area contributed by atoms with Crippen LogP contribution >= 0.6 is 15.9 Å². The van der Waals surface area contributed by atoms with Crippen molar-refractivity contribution in [3.8, 4) is 11.5 Å². The van der Waals surface area contributed by atoms with E-state index in [1.165, 1.54) is 13.2 Å². The number of hydrogen-bond donors (Lipinski definition) is 0. The van der Waals surface area contributed by atoms with Gasteiger partial charge in [0, 0.05) is 11.4 Å². The maximum absolute atomic E-state index is 11.0. The predicted octanol–water partition coefficient (Wildman–Crippen LogP) is 3.05. The summed E-state index contributed by atoms with van der Waals surface area (Å²) < 4.78 is 15.4. The van der Waals surface area contributed by atoms with E-state index in [9.17, 15) is 4.79 Å². The minimum atomic E-state index is -0.392. The van der Waals surface area contributed by atoms with Crippen molar-refractivity contribution in [2.45, 2.75) is 6.42 Å². The van der Waals surface area contributed by atoms with E-state index in [-0.39, 0.29) is 0 Å². The highest BCUT2D eigenvalue weighted by Gasteiger charge is 2.04. The third-order valence-electron chi connectivity index (χ3n) is 2.34. The fourth-order valence-corrected chi connectivity index (χ4v) is 1.60. The molecule has 1 aromatic carbocycles. The first-order valence-corrected chi connectivity index (χ1v) is 6.96. The van der Waals surface area contributed by atoms with Gasteiger partial charge < -0.3 is 14.2 Å². The SMILES string of the molecule is COC(=O)/C=C/c1ccc(OCCCBr)c(OC)c1. The van der Waals surface area contributed by atoms with Gasteiger partial charge in [0.1, 0.15) is 0 Å². The molecule has 0 bridgehead atoms. The summed E-state index contributed by atoms with van der Waals surface area (Å²) in [4.78, 5) is 11.0. The van der Waals surface area contributed by atoms with Crippen LogP contribution in [-0.4, -0.2) is 32.1 Å². The highest BCUT2D eigenvalue weighted by molar-refractivity contribution is 9.09. The van der Waals surface area contributed by atoms with Gasteiger partial charge in [-0.3, -0.25) is 0 Å². The summed E-state index contributed by atoms with van der Waals surface area (Å²) in [6, 6.07) is 5.48. The molecule has 0 radical (unpaired) electrons. The largest absolute Gasteiger partial charge is 0.493 e. The first kappa shape index (κ1) is 15.6. The van der Waals surface area contributed by atoms with Crippen LogP contribution in [0.3, 0.4) is 0 Å². The van der Waals surface area contributed by atoms with E-state index < -0.39 is 5.97 Å². The van der Waals surface area contributed by atoms with Crippen LogP contribution in [0.1, 0.15) is 12.0 Å². The van der Waals surface area contributed by atoms with Crippen molar-refractivity contribution in [1.29, 1.82) is 0 Å². The van der Waals surface area contributed by atoms with Crippen LogP contribution in [0.15, 0.2) is 24.3 Å². The number of halogens is 1. The zero-order chi connectivity index (χ0) is 14.1. The van der Waals surface area contributed by atoms with Crippen molar-refractivity contribution in [2.24, 2.45) is 0 Å². The quantitative estimate of drug-likeness (QED) is 0.334. The molecule has 0 amide bonds. The number of ether oxygens (including phenoxy) is 3. The molecule has 0 aromatic heterocycles. The van der Waals surface area contributed by atoms with Crippen molar-refractivity contribution in [3.05, 3.63) is 29.8 Å². The second kappa shape index (κ2) is 8.58. The zero-order valence-corrected chi connectivity index (χ0v) is 12.6. The molecule has 5 heteroatoms. The van der Waals surface area contributed by atoms with Gasteiger partial charge in [0.05, 0.1) is 20.8 Å². The molecule has 0 aliphatic rings. The van der Waals surface area contributed by atoms with Crippen molar-refractivity contribution >= 4 is 28.0 Å². The van der Waals surface area contributed by atoms with Crippen LogP contribution in [-0.2, 0) is 9.53 Å². The van der Waals surface area contributed by atoms with E-state index in [0.29, 0.717) is 18.1 Å². The first-order valence-electron chi connectivity index (χ1n) is 5.84. The molecule has 0 aliphatic carbocycles. The highest BCUT2D eigenvalue weighted by atomic mass is 79.9. The van der Waals surface area contributed by atoms with Gasteiger partial charge >= 0.3 is 5.97 Å². The van der Waals surface area contributed by atoms with Crippen LogP contribution in [0.25, 0.3) is 6.08 Å². The van der Waals surface area contributed by atoms with Crippen LogP contribution in [0.5, 0.6) is 11.5 Å². The van der Waals surface area contributed by atoms with Gasteiger partial charge in [0.2, 0.25) is 0 Å². The maximum atomic E-state index is 11.0. The van der Waals surface area contributed by atoms with E-state index in [1.807, 2.05) is 18.2 Å². The monoisotopic (exact) mass is 328 g/mol. The molecule has 0 atom stereocenters. The molecule has 0 saturated carbocycles. The molecule has 0 unspecified atom stereocenters. The molecule has 0 saturated heterocycles. The molecule has 4 nitrogen and oxygen atoms in total. The lowest BCUT2D eigenvalue weighted by atomic mass is 10.2. The van der Waals surface area contributed by atoms with E-state index in [0.717, 1.165) is 17.3 Å². The van der Waals surface area contributed by atoms with Gasteiger partial charge in [-0.1, -0.05) is 22.0 Å². The van der Waals surface area contributed by atoms with Crippen LogP contribution < -0.4 is 9.47 Å². The summed E-state index contributed by atoms with van der Waals surface area (Å²) in [6.45, 7) is 0.624. The molecule has 0 fully saturated rings. The standard InChI is InChI=1S/C14H17BrO4/c1-17-13-10-11(5-7-14(16)18-2)4-6-12(13)19-9-3-8-15/h4-7,10H,3,8-9H2,1-2H3/b7-5+. The summed E-state index contributed by atoms with van der Waals surface area (Å²) >= 11 is 3.35. The summed E-state index contributed by atoms with van der Waals surface area (Å²) in [6.07, 6.45) is 3.95. The Balaban J connectivity index is 2.77. The second-order valence-corrected chi connectivity index (χ2v) is 4.45. The second-order valence-electron chi connectivity index (χ2n) is 3.66. The van der Waals surface area contributed by atoms with Crippen molar-refractivity contribution in [2.75, 3.05) is 26.2 Å². The Labute approximate surface area is 121 Å². The van der Waals surface area contributed by atoms with Gasteiger partial charge in [-0.15, -0.1) is 0 Å². The van der Waals surface area contributed by atoms with Crippen molar-refractivity contribution < 1.29 is 19.0 Å². The number of rotatable bonds is 7. The topological polar surface area (TPSA) is 44.8 Å². The van der Waals surface area contributed by atoms with Crippen LogP contribution in [0, 0.1) is 0 Å². The predicted molar refractivity (Wildman–Crippen MR) is 78.0 cm³/mol. The summed E-state index contributed by atoms with van der Waals surface area (Å²) in [5.41, 5.74) is 0.843. The lowest BCUT2D eigenvalue weighted by Gasteiger charge is -2.10. The minimum Gasteiger partial charge on any atom is -0.493 e. The zero-order valence-electron chi connectivity index (χ0n) is 11.0. The lowest BCUT2D eigenvalue weighted by molar-refractivity contribution is -0.134. The third-order valence-corrected chi connectivity index (χ3v) is 2.90. The first-order chi connectivity index (χ1) is 9.21. The molecule has 0 N–H and O–H groups in total. The fraction of sp³-hybridized carbons (Fsp3) is 0.357. The fourth-order valence-electron chi connectivity index (χ4n) is 1.38. The van der Waals surface area contributed by atoms with Crippen LogP contribution in [0.2, 0.25) is 0 Å². The Bertz CT molecular complexity index is 443. The van der Waals surface area contributed by atoms with Gasteiger partial charge in [-0.25, -0.2) is 4.79 Å². The number of alkyl halides is 1. The Morgan fingerprint density at radius 3 is 2.74 bits per heavy atom. The van der Waals surface area contributed by atoms with Gasteiger partial charge in [0.25, 0.3) is 0 Å². The Hall–Kier alpha value is -1.49. The molecule has 1 aromatic rings. The van der Waals surface area contributed by atoms with Gasteiger partial charge in [-0.05, 0) is 30.2 Å². The lowest BCUT2D eigenvalue weighted by Crippen LogP contribution is -2.00. The van der Waals surface area contributed by atoms with E-state index in [1.54, 1.807) is 13.2 Å².